The molecule has 0 N–H and O–H groups in total. The van der Waals surface area contributed by atoms with Gasteiger partial charge in [0.2, 0.25) is 0 Å². The summed E-state index contributed by atoms with van der Waals surface area (Å²) in [7, 11) is 4.74. The van der Waals surface area contributed by atoms with Gasteiger partial charge in [0, 0.05) is 0 Å². The van der Waals surface area contributed by atoms with Gasteiger partial charge in [-0.25, -0.2) is 0 Å². The van der Waals surface area contributed by atoms with Crippen molar-refractivity contribution < 1.29 is 4.48 Å². The molecular formula is C19H40N+. The molecule has 0 fully saturated rings. The van der Waals surface area contributed by atoms with Gasteiger partial charge in [-0.1, -0.05) is 64.4 Å². The minimum Gasteiger partial charge on any atom is -0.328 e. The molecule has 1 nitrogen and oxygen atoms in total. The van der Waals surface area contributed by atoms with Gasteiger partial charge in [0.15, 0.2) is 0 Å². The number of quaternary nitrogens is 1. The van der Waals surface area contributed by atoms with E-state index in [-0.39, 0.29) is 0 Å². The Hall–Kier alpha value is -0.300. The first-order valence-electron chi connectivity index (χ1n) is 9.05. The van der Waals surface area contributed by atoms with Gasteiger partial charge in [-0.05, 0) is 25.7 Å². The maximum Gasteiger partial charge on any atom is 0.0785 e. The third-order valence-electron chi connectivity index (χ3n) is 4.29. The summed E-state index contributed by atoms with van der Waals surface area (Å²) in [5.74, 6) is 0. The number of rotatable bonds is 15. The Morgan fingerprint density at radius 3 is 1.65 bits per heavy atom. The van der Waals surface area contributed by atoms with E-state index < -0.39 is 0 Å². The molecule has 0 unspecified atom stereocenters. The van der Waals surface area contributed by atoms with Crippen molar-refractivity contribution in [2.75, 3.05) is 27.2 Å². The quantitative estimate of drug-likeness (QED) is 0.198. The second-order valence-corrected chi connectivity index (χ2v) is 7.00. The SMILES string of the molecule is C=CCCC[N+](C)(C)CCCCCCCCCCCC. The fourth-order valence-corrected chi connectivity index (χ4v) is 2.80. The van der Waals surface area contributed by atoms with E-state index in [1.54, 1.807) is 0 Å². The molecule has 0 heterocycles. The summed E-state index contributed by atoms with van der Waals surface area (Å²) in [6.07, 6.45) is 18.8. The van der Waals surface area contributed by atoms with Crippen LogP contribution in [-0.2, 0) is 0 Å². The van der Waals surface area contributed by atoms with E-state index >= 15 is 0 Å². The van der Waals surface area contributed by atoms with Crippen LogP contribution in [0, 0.1) is 0 Å². The lowest BCUT2D eigenvalue weighted by atomic mass is 10.1. The van der Waals surface area contributed by atoms with E-state index in [9.17, 15) is 0 Å². The largest absolute Gasteiger partial charge is 0.328 e. The molecule has 0 spiro atoms. The minimum absolute atomic E-state index is 1.17. The van der Waals surface area contributed by atoms with Gasteiger partial charge in [0.25, 0.3) is 0 Å². The standard InChI is InChI=1S/C19H40N/c1-5-7-9-10-11-12-13-14-15-17-19-20(3,4)18-16-8-6-2/h6H,2,5,7-19H2,1,3-4H3/q+1. The Labute approximate surface area is 129 Å². The van der Waals surface area contributed by atoms with Crippen LogP contribution in [0.3, 0.4) is 0 Å². The normalized spacial score (nSPS) is 11.8. The van der Waals surface area contributed by atoms with Crippen molar-refractivity contribution in [3.8, 4) is 0 Å². The summed E-state index contributed by atoms with van der Waals surface area (Å²) in [4.78, 5) is 0. The highest BCUT2D eigenvalue weighted by Gasteiger charge is 2.12. The van der Waals surface area contributed by atoms with E-state index in [1.165, 1.54) is 94.6 Å². The van der Waals surface area contributed by atoms with Crippen molar-refractivity contribution in [1.29, 1.82) is 0 Å². The summed E-state index contributed by atoms with van der Waals surface area (Å²) in [6, 6.07) is 0. The molecule has 0 atom stereocenters. The van der Waals surface area contributed by atoms with Crippen molar-refractivity contribution in [3.63, 3.8) is 0 Å². The second kappa shape index (κ2) is 13.7. The van der Waals surface area contributed by atoms with Gasteiger partial charge >= 0.3 is 0 Å². The Bertz CT molecular complexity index is 208. The van der Waals surface area contributed by atoms with E-state index in [2.05, 4.69) is 27.6 Å². The molecule has 0 aromatic heterocycles. The predicted octanol–water partition coefficient (Wildman–Crippen LogP) is 5.95. The topological polar surface area (TPSA) is 0 Å². The monoisotopic (exact) mass is 282 g/mol. The van der Waals surface area contributed by atoms with E-state index in [4.69, 9.17) is 0 Å². The third-order valence-corrected chi connectivity index (χ3v) is 4.29. The van der Waals surface area contributed by atoms with E-state index in [0.29, 0.717) is 0 Å². The summed E-state index contributed by atoms with van der Waals surface area (Å²) < 4.78 is 1.19. The molecule has 120 valence electrons. The molecule has 0 aromatic carbocycles. The van der Waals surface area contributed by atoms with Crippen LogP contribution in [0.1, 0.15) is 84.0 Å². The average molecular weight is 283 g/mol. The van der Waals surface area contributed by atoms with Crippen LogP contribution in [0.15, 0.2) is 12.7 Å². The van der Waals surface area contributed by atoms with Crippen LogP contribution in [0.2, 0.25) is 0 Å². The molecule has 0 aliphatic carbocycles. The molecule has 0 aliphatic heterocycles. The molecule has 0 aromatic rings. The number of allylic oxidation sites excluding steroid dienone is 1. The zero-order chi connectivity index (χ0) is 15.1. The van der Waals surface area contributed by atoms with Crippen molar-refractivity contribution in [2.24, 2.45) is 0 Å². The maximum absolute atomic E-state index is 3.80. The van der Waals surface area contributed by atoms with Crippen LogP contribution >= 0.6 is 0 Å². The Kier molecular flexibility index (Phi) is 13.5. The average Bonchev–Trinajstić information content (AvgIpc) is 2.41. The zero-order valence-corrected chi connectivity index (χ0v) is 14.6. The molecule has 0 saturated heterocycles. The number of hydrogen-bond donors (Lipinski definition) is 0. The smallest absolute Gasteiger partial charge is 0.0785 e. The number of unbranched alkanes of at least 4 members (excludes halogenated alkanes) is 10. The molecule has 0 saturated carbocycles. The van der Waals surface area contributed by atoms with Gasteiger partial charge in [0.05, 0.1) is 27.2 Å². The van der Waals surface area contributed by atoms with Crippen molar-refractivity contribution in [1.82, 2.24) is 0 Å². The van der Waals surface area contributed by atoms with Crippen LogP contribution in [0.4, 0.5) is 0 Å². The van der Waals surface area contributed by atoms with Crippen LogP contribution in [0.5, 0.6) is 0 Å². The second-order valence-electron chi connectivity index (χ2n) is 7.00. The maximum atomic E-state index is 3.80. The van der Waals surface area contributed by atoms with Gasteiger partial charge < -0.3 is 4.48 Å². The fourth-order valence-electron chi connectivity index (χ4n) is 2.80. The first-order valence-corrected chi connectivity index (χ1v) is 9.05. The molecule has 0 bridgehead atoms. The van der Waals surface area contributed by atoms with Gasteiger partial charge in [-0.15, -0.1) is 6.58 Å². The molecule has 0 amide bonds. The lowest BCUT2D eigenvalue weighted by Crippen LogP contribution is -2.41. The summed E-state index contributed by atoms with van der Waals surface area (Å²) in [6.45, 7) is 8.73. The highest BCUT2D eigenvalue weighted by molar-refractivity contribution is 4.65. The van der Waals surface area contributed by atoms with Crippen molar-refractivity contribution in [2.45, 2.75) is 84.0 Å². The van der Waals surface area contributed by atoms with Gasteiger partial charge in [-0.3, -0.25) is 0 Å². The molecule has 0 rings (SSSR count). The van der Waals surface area contributed by atoms with Gasteiger partial charge in [-0.2, -0.15) is 0 Å². The number of hydrogen-bond acceptors (Lipinski definition) is 0. The lowest BCUT2D eigenvalue weighted by molar-refractivity contribution is -0.890. The molecule has 0 radical (unpaired) electrons. The van der Waals surface area contributed by atoms with Gasteiger partial charge in [0.1, 0.15) is 0 Å². The third kappa shape index (κ3) is 14.1. The Morgan fingerprint density at radius 2 is 1.15 bits per heavy atom. The summed E-state index contributed by atoms with van der Waals surface area (Å²) in [5, 5.41) is 0. The molecule has 20 heavy (non-hydrogen) atoms. The minimum atomic E-state index is 1.17. The molecule has 0 aliphatic rings. The Balaban J connectivity index is 3.27. The first kappa shape index (κ1) is 19.7. The van der Waals surface area contributed by atoms with E-state index in [0.717, 1.165) is 0 Å². The molecular weight excluding hydrogens is 242 g/mol. The fraction of sp³-hybridized carbons (Fsp3) is 0.895. The van der Waals surface area contributed by atoms with Crippen LogP contribution in [0.25, 0.3) is 0 Å². The summed E-state index contributed by atoms with van der Waals surface area (Å²) in [5.41, 5.74) is 0. The van der Waals surface area contributed by atoms with Crippen LogP contribution < -0.4 is 0 Å². The predicted molar refractivity (Wildman–Crippen MR) is 93.1 cm³/mol. The number of nitrogens with zero attached hydrogens (tertiary/aromatic N) is 1. The summed E-state index contributed by atoms with van der Waals surface area (Å²) >= 11 is 0. The Morgan fingerprint density at radius 1 is 0.700 bits per heavy atom. The molecule has 1 heteroatoms. The highest BCUT2D eigenvalue weighted by atomic mass is 15.3. The van der Waals surface area contributed by atoms with Crippen molar-refractivity contribution >= 4 is 0 Å². The van der Waals surface area contributed by atoms with Crippen LogP contribution in [-0.4, -0.2) is 31.7 Å². The highest BCUT2D eigenvalue weighted by Crippen LogP contribution is 2.12. The van der Waals surface area contributed by atoms with Crippen molar-refractivity contribution in [3.05, 3.63) is 12.7 Å². The lowest BCUT2D eigenvalue weighted by Gasteiger charge is -2.29. The van der Waals surface area contributed by atoms with E-state index in [1.807, 2.05) is 6.08 Å². The first-order chi connectivity index (χ1) is 9.62. The zero-order valence-electron chi connectivity index (χ0n) is 14.6.